The third kappa shape index (κ3) is 3.70. The summed E-state index contributed by atoms with van der Waals surface area (Å²) in [6.45, 7) is 7.91. The van der Waals surface area contributed by atoms with Gasteiger partial charge in [0.05, 0.1) is 6.61 Å². The third-order valence-corrected chi connectivity index (χ3v) is 4.68. The molecule has 1 atom stereocenters. The molecule has 0 aliphatic carbocycles. The van der Waals surface area contributed by atoms with Crippen LogP contribution < -0.4 is 0 Å². The van der Waals surface area contributed by atoms with E-state index in [1.54, 1.807) is 0 Å². The van der Waals surface area contributed by atoms with Crippen LogP contribution in [0.1, 0.15) is 42.4 Å². The zero-order chi connectivity index (χ0) is 14.7. The number of H-pyrrole nitrogens is 1. The quantitative estimate of drug-likeness (QED) is 0.922. The van der Waals surface area contributed by atoms with Crippen LogP contribution in [-0.4, -0.2) is 46.3 Å². The first-order valence-electron chi connectivity index (χ1n) is 7.51. The van der Waals surface area contributed by atoms with Crippen LogP contribution in [0.2, 0.25) is 0 Å². The number of hydrogen-bond acceptors (Lipinski definition) is 5. The Hall–Kier alpha value is -1.24. The van der Waals surface area contributed by atoms with Gasteiger partial charge in [-0.25, -0.2) is 4.98 Å². The number of ether oxygens (including phenoxy) is 1. The number of hydrogen-bond donors (Lipinski definition) is 1. The Bertz CT molecular complexity index is 552. The van der Waals surface area contributed by atoms with Crippen molar-refractivity contribution >= 4 is 11.3 Å². The van der Waals surface area contributed by atoms with Crippen molar-refractivity contribution in [3.8, 4) is 0 Å². The van der Waals surface area contributed by atoms with E-state index < -0.39 is 0 Å². The van der Waals surface area contributed by atoms with Crippen LogP contribution in [0.25, 0.3) is 0 Å². The largest absolute Gasteiger partial charge is 0.368 e. The molecule has 5 nitrogen and oxygen atoms in total. The Kier molecular flexibility index (Phi) is 4.67. The molecule has 0 aromatic carbocycles. The third-order valence-electron chi connectivity index (χ3n) is 3.75. The van der Waals surface area contributed by atoms with Gasteiger partial charge in [-0.3, -0.25) is 10.00 Å². The second-order valence-electron chi connectivity index (χ2n) is 5.72. The Balaban J connectivity index is 1.57. The second kappa shape index (κ2) is 6.68. The van der Waals surface area contributed by atoms with E-state index >= 15 is 0 Å². The molecule has 1 N–H and O–H groups in total. The van der Waals surface area contributed by atoms with Crippen molar-refractivity contribution in [1.29, 1.82) is 0 Å². The first-order chi connectivity index (χ1) is 10.2. The zero-order valence-corrected chi connectivity index (χ0v) is 13.4. The average Bonchev–Trinajstić information content (AvgIpc) is 3.17. The lowest BCUT2D eigenvalue weighted by Crippen LogP contribution is -2.39. The fourth-order valence-corrected chi connectivity index (χ4v) is 3.18. The van der Waals surface area contributed by atoms with Crippen molar-refractivity contribution in [3.63, 3.8) is 0 Å². The molecule has 0 unspecified atom stereocenters. The molecule has 21 heavy (non-hydrogen) atoms. The van der Waals surface area contributed by atoms with Crippen LogP contribution in [0.3, 0.4) is 0 Å². The summed E-state index contributed by atoms with van der Waals surface area (Å²) in [6, 6.07) is 4.32. The molecule has 3 heterocycles. The van der Waals surface area contributed by atoms with Gasteiger partial charge in [0.25, 0.3) is 0 Å². The molecular weight excluding hydrogens is 284 g/mol. The highest BCUT2D eigenvalue weighted by atomic mass is 32.1. The molecule has 2 aromatic heterocycles. The van der Waals surface area contributed by atoms with Crippen LogP contribution in [0, 0.1) is 0 Å². The minimum atomic E-state index is 0.0158. The van der Waals surface area contributed by atoms with Crippen molar-refractivity contribution in [2.75, 3.05) is 26.2 Å². The van der Waals surface area contributed by atoms with Gasteiger partial charge in [-0.15, -0.1) is 11.3 Å². The minimum absolute atomic E-state index is 0.0158. The van der Waals surface area contributed by atoms with E-state index in [0.717, 1.165) is 44.3 Å². The summed E-state index contributed by atoms with van der Waals surface area (Å²) in [5.41, 5.74) is 0. The molecule has 2 aromatic rings. The summed E-state index contributed by atoms with van der Waals surface area (Å²) in [5.74, 6) is 2.07. The summed E-state index contributed by atoms with van der Waals surface area (Å²) >= 11 is 1.83. The van der Waals surface area contributed by atoms with E-state index in [9.17, 15) is 0 Å². The van der Waals surface area contributed by atoms with Crippen molar-refractivity contribution in [3.05, 3.63) is 34.0 Å². The van der Waals surface area contributed by atoms with Crippen LogP contribution in [0.15, 0.2) is 17.5 Å². The maximum absolute atomic E-state index is 5.85. The standard InChI is InChI=1S/C15H22N4OS/c1-11(2)14-16-15(18-17-14)13-10-19(7-8-20-13)6-5-12-4-3-9-21-12/h3-4,9,11,13H,5-8,10H2,1-2H3,(H,16,17,18)/t13-/m0/s1. The number of nitrogens with zero attached hydrogens (tertiary/aromatic N) is 3. The summed E-state index contributed by atoms with van der Waals surface area (Å²) in [4.78, 5) is 8.46. The predicted octanol–water partition coefficient (Wildman–Crippen LogP) is 2.61. The van der Waals surface area contributed by atoms with E-state index in [2.05, 4.69) is 51.4 Å². The number of aromatic amines is 1. The number of thiophene rings is 1. The molecule has 0 radical (unpaired) electrons. The lowest BCUT2D eigenvalue weighted by molar-refractivity contribution is -0.0337. The van der Waals surface area contributed by atoms with Crippen LogP contribution in [-0.2, 0) is 11.2 Å². The van der Waals surface area contributed by atoms with Gasteiger partial charge in [0, 0.05) is 30.4 Å². The predicted molar refractivity (Wildman–Crippen MR) is 83.6 cm³/mol. The fourth-order valence-electron chi connectivity index (χ4n) is 2.48. The van der Waals surface area contributed by atoms with Crippen LogP contribution in [0.4, 0.5) is 0 Å². The highest BCUT2D eigenvalue weighted by molar-refractivity contribution is 7.09. The van der Waals surface area contributed by atoms with Gasteiger partial charge in [0.2, 0.25) is 0 Å². The van der Waals surface area contributed by atoms with E-state index in [1.807, 2.05) is 11.3 Å². The van der Waals surface area contributed by atoms with Gasteiger partial charge >= 0.3 is 0 Å². The fraction of sp³-hybridized carbons (Fsp3) is 0.600. The monoisotopic (exact) mass is 306 g/mol. The maximum atomic E-state index is 5.85. The maximum Gasteiger partial charge on any atom is 0.155 e. The minimum Gasteiger partial charge on any atom is -0.368 e. The van der Waals surface area contributed by atoms with Gasteiger partial charge in [0.1, 0.15) is 6.10 Å². The van der Waals surface area contributed by atoms with Crippen molar-refractivity contribution < 1.29 is 4.74 Å². The molecule has 0 saturated carbocycles. The number of morpholine rings is 1. The Labute approximate surface area is 129 Å². The summed E-state index contributed by atoms with van der Waals surface area (Å²) < 4.78 is 5.85. The molecule has 3 rings (SSSR count). The molecular formula is C15H22N4OS. The van der Waals surface area contributed by atoms with Gasteiger partial charge in [0.15, 0.2) is 11.6 Å². The smallest absolute Gasteiger partial charge is 0.155 e. The number of rotatable bonds is 5. The summed E-state index contributed by atoms with van der Waals surface area (Å²) in [6.07, 6.45) is 1.12. The second-order valence-corrected chi connectivity index (χ2v) is 6.76. The molecule has 114 valence electrons. The summed E-state index contributed by atoms with van der Waals surface area (Å²) in [7, 11) is 0. The highest BCUT2D eigenvalue weighted by Gasteiger charge is 2.25. The molecule has 0 spiro atoms. The van der Waals surface area contributed by atoms with Crippen LogP contribution >= 0.6 is 11.3 Å². The van der Waals surface area contributed by atoms with Crippen molar-refractivity contribution in [1.82, 2.24) is 20.1 Å². The van der Waals surface area contributed by atoms with E-state index in [-0.39, 0.29) is 6.10 Å². The van der Waals surface area contributed by atoms with Gasteiger partial charge < -0.3 is 4.74 Å². The number of aromatic nitrogens is 3. The van der Waals surface area contributed by atoms with Gasteiger partial charge in [-0.05, 0) is 17.9 Å². The molecule has 6 heteroatoms. The SMILES string of the molecule is CC(C)c1n[nH]c([C@@H]2CN(CCc3cccs3)CCO2)n1. The normalized spacial score (nSPS) is 20.2. The molecule has 0 bridgehead atoms. The van der Waals surface area contributed by atoms with E-state index in [0.29, 0.717) is 5.92 Å². The lowest BCUT2D eigenvalue weighted by Gasteiger charge is -2.31. The van der Waals surface area contributed by atoms with E-state index in [4.69, 9.17) is 4.74 Å². The summed E-state index contributed by atoms with van der Waals surface area (Å²) in [5, 5.41) is 9.44. The van der Waals surface area contributed by atoms with Gasteiger partial charge in [-0.1, -0.05) is 19.9 Å². The number of nitrogens with one attached hydrogen (secondary N) is 1. The zero-order valence-electron chi connectivity index (χ0n) is 12.6. The van der Waals surface area contributed by atoms with Crippen molar-refractivity contribution in [2.24, 2.45) is 0 Å². The molecule has 0 amide bonds. The molecule has 1 fully saturated rings. The Morgan fingerprint density at radius 1 is 1.52 bits per heavy atom. The highest BCUT2D eigenvalue weighted by Crippen LogP contribution is 2.21. The van der Waals surface area contributed by atoms with Gasteiger partial charge in [-0.2, -0.15) is 5.10 Å². The molecule has 1 aliphatic heterocycles. The van der Waals surface area contributed by atoms with Crippen molar-refractivity contribution in [2.45, 2.75) is 32.3 Å². The van der Waals surface area contributed by atoms with Crippen LogP contribution in [0.5, 0.6) is 0 Å². The van der Waals surface area contributed by atoms with E-state index in [1.165, 1.54) is 4.88 Å². The topological polar surface area (TPSA) is 54.0 Å². The first-order valence-corrected chi connectivity index (χ1v) is 8.39. The first kappa shape index (κ1) is 14.7. The Morgan fingerprint density at radius 2 is 2.43 bits per heavy atom. The Morgan fingerprint density at radius 3 is 3.14 bits per heavy atom. The average molecular weight is 306 g/mol. The lowest BCUT2D eigenvalue weighted by atomic mass is 10.2. The molecule has 1 saturated heterocycles. The molecule has 1 aliphatic rings.